The monoisotopic (exact) mass is 330 g/mol. The van der Waals surface area contributed by atoms with Crippen LogP contribution in [0.4, 0.5) is 0 Å². The molecule has 0 radical (unpaired) electrons. The second kappa shape index (κ2) is 7.97. The lowest BCUT2D eigenvalue weighted by molar-refractivity contribution is 0.0789. The lowest BCUT2D eigenvalue weighted by Gasteiger charge is -2.32. The summed E-state index contributed by atoms with van der Waals surface area (Å²) in [7, 11) is 1.57. The van der Waals surface area contributed by atoms with Crippen molar-refractivity contribution >= 4 is 5.91 Å². The fourth-order valence-electron chi connectivity index (χ4n) is 2.95. The Labute approximate surface area is 141 Å². The van der Waals surface area contributed by atoms with Gasteiger partial charge in [0.15, 0.2) is 11.5 Å². The summed E-state index contributed by atoms with van der Waals surface area (Å²) >= 11 is 0. The first-order valence-electron chi connectivity index (χ1n) is 8.23. The van der Waals surface area contributed by atoms with Crippen molar-refractivity contribution in [2.45, 2.75) is 44.4 Å². The molecule has 0 saturated heterocycles. The van der Waals surface area contributed by atoms with Crippen LogP contribution in [0.15, 0.2) is 40.9 Å². The second-order valence-corrected chi connectivity index (χ2v) is 5.95. The van der Waals surface area contributed by atoms with Crippen molar-refractivity contribution in [1.29, 1.82) is 0 Å². The van der Waals surface area contributed by atoms with Crippen molar-refractivity contribution in [3.05, 3.63) is 47.9 Å². The second-order valence-electron chi connectivity index (χ2n) is 5.95. The lowest BCUT2D eigenvalue weighted by Crippen LogP contribution is -2.47. The third kappa shape index (κ3) is 4.14. The van der Waals surface area contributed by atoms with Crippen LogP contribution in [0.25, 0.3) is 0 Å². The van der Waals surface area contributed by atoms with E-state index in [1.807, 2.05) is 30.3 Å². The fraction of sp³-hybridized carbons (Fsp3) is 0.444. The molecular weight excluding hydrogens is 308 g/mol. The summed E-state index contributed by atoms with van der Waals surface area (Å²) in [5.74, 6) is 1.12. The van der Waals surface area contributed by atoms with Crippen LogP contribution in [0.1, 0.15) is 41.9 Å². The molecule has 24 heavy (non-hydrogen) atoms. The number of amides is 1. The zero-order valence-corrected chi connectivity index (χ0v) is 13.7. The van der Waals surface area contributed by atoms with Crippen molar-refractivity contribution < 1.29 is 18.8 Å². The van der Waals surface area contributed by atoms with E-state index < -0.39 is 0 Å². The molecule has 128 valence electrons. The average molecular weight is 330 g/mol. The highest BCUT2D eigenvalue weighted by Crippen LogP contribution is 2.24. The first-order chi connectivity index (χ1) is 11.8. The molecule has 2 aromatic rings. The van der Waals surface area contributed by atoms with E-state index in [1.54, 1.807) is 13.2 Å². The third-order valence-corrected chi connectivity index (χ3v) is 4.13. The number of methoxy groups -OCH3 is 1. The fourth-order valence-corrected chi connectivity index (χ4v) is 2.95. The van der Waals surface area contributed by atoms with Gasteiger partial charge in [0.1, 0.15) is 18.5 Å². The first kappa shape index (κ1) is 16.5. The maximum atomic E-state index is 12.4. The van der Waals surface area contributed by atoms with Gasteiger partial charge in [-0.1, -0.05) is 29.8 Å². The Kier molecular flexibility index (Phi) is 5.48. The average Bonchev–Trinajstić information content (AvgIpc) is 3.07. The Bertz CT molecular complexity index is 656. The molecule has 3 rings (SSSR count). The normalized spacial score (nSPS) is 20.5. The highest BCUT2D eigenvalue weighted by molar-refractivity contribution is 5.92. The Balaban J connectivity index is 1.63. The Hall–Kier alpha value is -2.34. The highest BCUT2D eigenvalue weighted by Gasteiger charge is 2.29. The first-order valence-corrected chi connectivity index (χ1v) is 8.23. The number of hydrogen-bond acceptors (Lipinski definition) is 5. The maximum Gasteiger partial charge on any atom is 0.273 e. The summed E-state index contributed by atoms with van der Waals surface area (Å²) in [6, 6.07) is 11.3. The van der Waals surface area contributed by atoms with Gasteiger partial charge in [0.25, 0.3) is 5.91 Å². The van der Waals surface area contributed by atoms with E-state index in [1.165, 1.54) is 0 Å². The Morgan fingerprint density at radius 2 is 2.08 bits per heavy atom. The van der Waals surface area contributed by atoms with Crippen molar-refractivity contribution in [2.75, 3.05) is 7.11 Å². The van der Waals surface area contributed by atoms with Crippen LogP contribution in [0.3, 0.4) is 0 Å². The largest absolute Gasteiger partial charge is 0.488 e. The highest BCUT2D eigenvalue weighted by atomic mass is 16.5. The molecule has 6 nitrogen and oxygen atoms in total. The predicted molar refractivity (Wildman–Crippen MR) is 87.8 cm³/mol. The molecule has 2 atom stereocenters. The van der Waals surface area contributed by atoms with Crippen LogP contribution < -0.4 is 10.1 Å². The van der Waals surface area contributed by atoms with E-state index in [-0.39, 0.29) is 23.7 Å². The molecule has 1 aromatic carbocycles. The van der Waals surface area contributed by atoms with E-state index in [2.05, 4.69) is 10.5 Å². The van der Waals surface area contributed by atoms with E-state index in [0.717, 1.165) is 31.4 Å². The molecule has 0 aliphatic heterocycles. The number of ether oxygens (including phenoxy) is 2. The Morgan fingerprint density at radius 3 is 2.88 bits per heavy atom. The lowest BCUT2D eigenvalue weighted by atomic mass is 9.92. The zero-order chi connectivity index (χ0) is 16.8. The number of benzene rings is 1. The minimum absolute atomic E-state index is 0.0320. The van der Waals surface area contributed by atoms with Crippen molar-refractivity contribution in [3.63, 3.8) is 0 Å². The number of para-hydroxylation sites is 1. The molecule has 0 bridgehead atoms. The van der Waals surface area contributed by atoms with Crippen LogP contribution in [-0.4, -0.2) is 30.3 Å². The van der Waals surface area contributed by atoms with Gasteiger partial charge in [-0.2, -0.15) is 0 Å². The van der Waals surface area contributed by atoms with Gasteiger partial charge in [0.05, 0.1) is 6.04 Å². The number of aromatic nitrogens is 1. The minimum atomic E-state index is -0.241. The van der Waals surface area contributed by atoms with Gasteiger partial charge in [-0.25, -0.2) is 0 Å². The number of hydrogen-bond donors (Lipinski definition) is 1. The minimum Gasteiger partial charge on any atom is -0.488 e. The van der Waals surface area contributed by atoms with Crippen LogP contribution in [0, 0.1) is 0 Å². The van der Waals surface area contributed by atoms with Gasteiger partial charge in [-0.05, 0) is 31.4 Å². The van der Waals surface area contributed by atoms with Crippen LogP contribution in [0.2, 0.25) is 0 Å². The summed E-state index contributed by atoms with van der Waals surface area (Å²) < 4.78 is 16.1. The molecule has 0 spiro atoms. The predicted octanol–water partition coefficient (Wildman–Crippen LogP) is 2.94. The molecule has 1 heterocycles. The molecule has 1 N–H and O–H groups in total. The molecule has 1 aliphatic rings. The zero-order valence-electron chi connectivity index (χ0n) is 13.7. The molecule has 1 aromatic heterocycles. The van der Waals surface area contributed by atoms with E-state index in [0.29, 0.717) is 12.4 Å². The van der Waals surface area contributed by atoms with Gasteiger partial charge < -0.3 is 19.3 Å². The van der Waals surface area contributed by atoms with Gasteiger partial charge >= 0.3 is 0 Å². The number of carbonyl (C=O) groups is 1. The summed E-state index contributed by atoms with van der Waals surface area (Å²) in [4.78, 5) is 12.4. The van der Waals surface area contributed by atoms with Gasteiger partial charge in [0.2, 0.25) is 0 Å². The number of rotatable bonds is 6. The molecule has 0 unspecified atom stereocenters. The van der Waals surface area contributed by atoms with Crippen molar-refractivity contribution in [1.82, 2.24) is 10.5 Å². The van der Waals surface area contributed by atoms with Crippen LogP contribution in [0.5, 0.6) is 5.75 Å². The molecule has 1 saturated carbocycles. The summed E-state index contributed by atoms with van der Waals surface area (Å²) in [6.45, 7) is 0.295. The van der Waals surface area contributed by atoms with E-state index >= 15 is 0 Å². The molecule has 1 fully saturated rings. The Morgan fingerprint density at radius 1 is 1.29 bits per heavy atom. The van der Waals surface area contributed by atoms with E-state index in [9.17, 15) is 4.79 Å². The van der Waals surface area contributed by atoms with Crippen molar-refractivity contribution in [3.8, 4) is 5.75 Å². The third-order valence-electron chi connectivity index (χ3n) is 4.13. The van der Waals surface area contributed by atoms with Gasteiger partial charge in [0, 0.05) is 13.2 Å². The summed E-state index contributed by atoms with van der Waals surface area (Å²) in [6.07, 6.45) is 3.97. The molecule has 1 amide bonds. The summed E-state index contributed by atoms with van der Waals surface area (Å²) in [5.41, 5.74) is 0.270. The smallest absolute Gasteiger partial charge is 0.273 e. The quantitative estimate of drug-likeness (QED) is 0.881. The van der Waals surface area contributed by atoms with Gasteiger partial charge in [-0.15, -0.1) is 0 Å². The topological polar surface area (TPSA) is 73.6 Å². The van der Waals surface area contributed by atoms with E-state index in [4.69, 9.17) is 14.0 Å². The number of nitrogens with zero attached hydrogens (tertiary/aromatic N) is 1. The number of nitrogens with one attached hydrogen (secondary N) is 1. The number of carbonyl (C=O) groups excluding carboxylic acids is 1. The van der Waals surface area contributed by atoms with Crippen LogP contribution in [-0.2, 0) is 11.3 Å². The van der Waals surface area contributed by atoms with Crippen molar-refractivity contribution in [2.24, 2.45) is 0 Å². The summed E-state index contributed by atoms with van der Waals surface area (Å²) in [5, 5.41) is 6.84. The molecule has 1 aliphatic carbocycles. The van der Waals surface area contributed by atoms with Gasteiger partial charge in [-0.3, -0.25) is 4.79 Å². The SMILES string of the molecule is COCc1cc(C(=O)N[C@H]2CCCC[C@@H]2Oc2ccccc2)no1. The standard InChI is InChI=1S/C18H22N2O4/c1-22-12-14-11-16(20-24-14)18(21)19-15-9-5-6-10-17(15)23-13-7-3-2-4-8-13/h2-4,7-8,11,15,17H,5-6,9-10,12H2,1H3,(H,19,21)/t15-,17-/m0/s1. The molecule has 6 heteroatoms. The molecular formula is C18H22N2O4. The maximum absolute atomic E-state index is 12.4. The van der Waals surface area contributed by atoms with Crippen LogP contribution >= 0.6 is 0 Å².